The van der Waals surface area contributed by atoms with Crippen LogP contribution < -0.4 is 4.90 Å². The van der Waals surface area contributed by atoms with E-state index < -0.39 is 24.3 Å². The molecule has 2 saturated heterocycles. The Morgan fingerprint density at radius 1 is 0.946 bits per heavy atom. The lowest BCUT2D eigenvalue weighted by molar-refractivity contribution is -0.193. The Morgan fingerprint density at radius 3 is 1.92 bits per heavy atom. The van der Waals surface area contributed by atoms with Crippen molar-refractivity contribution in [3.05, 3.63) is 48.0 Å². The summed E-state index contributed by atoms with van der Waals surface area (Å²) in [5.74, 6) is -4.63. The first kappa shape index (κ1) is 29.7. The maximum absolute atomic E-state index is 10.6. The Balaban J connectivity index is 0.000000286. The molecule has 9 nitrogen and oxygen atoms in total. The monoisotopic (exact) mass is 537 g/mol. The van der Waals surface area contributed by atoms with E-state index in [1.165, 1.54) is 30.6 Å². The minimum atomic E-state index is -5.08. The average molecular weight is 537 g/mol. The van der Waals surface area contributed by atoms with Crippen LogP contribution in [0.1, 0.15) is 24.5 Å². The zero-order valence-electron chi connectivity index (χ0n) is 19.6. The average Bonchev–Trinajstić information content (AvgIpc) is 3.23. The Kier molecular flexibility index (Phi) is 9.78. The minimum Gasteiger partial charge on any atom is -0.475 e. The molecule has 0 amide bonds. The Hall–Kier alpha value is -3.49. The number of carbonyl (C=O) groups is 2. The van der Waals surface area contributed by atoms with Crippen molar-refractivity contribution in [1.29, 1.82) is 0 Å². The van der Waals surface area contributed by atoms with E-state index in [0.29, 0.717) is 5.41 Å². The fourth-order valence-corrected chi connectivity index (χ4v) is 3.77. The highest BCUT2D eigenvalue weighted by atomic mass is 19.4. The van der Waals surface area contributed by atoms with Crippen molar-refractivity contribution in [3.8, 4) is 0 Å². The van der Waals surface area contributed by atoms with Crippen molar-refractivity contribution in [2.24, 2.45) is 5.41 Å². The Labute approximate surface area is 207 Å². The minimum absolute atomic E-state index is 0.439. The number of carboxylic acids is 2. The predicted octanol–water partition coefficient (Wildman–Crippen LogP) is 3.41. The van der Waals surface area contributed by atoms with E-state index in [2.05, 4.69) is 37.7 Å². The zero-order chi connectivity index (χ0) is 27.9. The summed E-state index contributed by atoms with van der Waals surface area (Å²) < 4.78 is 63.5. The third kappa shape index (κ3) is 9.15. The van der Waals surface area contributed by atoms with Gasteiger partial charge in [0, 0.05) is 56.4 Å². The van der Waals surface area contributed by atoms with Crippen molar-refractivity contribution in [3.63, 3.8) is 0 Å². The number of carboxylic acid groups (broad SMARTS) is 2. The second-order valence-electron chi connectivity index (χ2n) is 8.53. The molecule has 0 bridgehead atoms. The first-order chi connectivity index (χ1) is 17.1. The summed E-state index contributed by atoms with van der Waals surface area (Å²) in [4.78, 5) is 35.9. The van der Waals surface area contributed by atoms with Crippen LogP contribution in [0.2, 0.25) is 0 Å². The number of pyridine rings is 1. The lowest BCUT2D eigenvalue weighted by Crippen LogP contribution is -2.58. The molecule has 0 aromatic carbocycles. The summed E-state index contributed by atoms with van der Waals surface area (Å²) in [5, 5.41) is 14.2. The summed E-state index contributed by atoms with van der Waals surface area (Å²) in [7, 11) is 0. The highest BCUT2D eigenvalue weighted by Crippen LogP contribution is 2.41. The van der Waals surface area contributed by atoms with Crippen LogP contribution in [0.25, 0.3) is 0 Å². The molecule has 2 aromatic heterocycles. The van der Waals surface area contributed by atoms with E-state index in [9.17, 15) is 26.3 Å². The highest BCUT2D eigenvalue weighted by Gasteiger charge is 2.48. The number of hydrogen-bond acceptors (Lipinski definition) is 7. The van der Waals surface area contributed by atoms with Gasteiger partial charge in [0.2, 0.25) is 5.95 Å². The third-order valence-corrected chi connectivity index (χ3v) is 5.57. The van der Waals surface area contributed by atoms with Gasteiger partial charge in [0.15, 0.2) is 0 Å². The van der Waals surface area contributed by atoms with Crippen molar-refractivity contribution < 1.29 is 46.1 Å². The Bertz CT molecular complexity index is 1000. The van der Waals surface area contributed by atoms with Crippen LogP contribution in [0.15, 0.2) is 36.9 Å². The zero-order valence-corrected chi connectivity index (χ0v) is 19.6. The number of likely N-dealkylation sites (tertiary alicyclic amines) is 1. The van der Waals surface area contributed by atoms with Gasteiger partial charge in [-0.15, -0.1) is 0 Å². The maximum Gasteiger partial charge on any atom is 0.490 e. The molecule has 4 rings (SSSR count). The van der Waals surface area contributed by atoms with Crippen LogP contribution >= 0.6 is 0 Å². The normalized spacial score (nSPS) is 16.7. The largest absolute Gasteiger partial charge is 0.490 e. The number of halogens is 6. The molecule has 2 aromatic rings. The fraction of sp³-hybridized carbons (Fsp3) is 0.500. The number of aryl methyl sites for hydroxylation is 1. The van der Waals surface area contributed by atoms with Gasteiger partial charge in [-0.25, -0.2) is 19.6 Å². The van der Waals surface area contributed by atoms with Gasteiger partial charge in [0.1, 0.15) is 0 Å². The van der Waals surface area contributed by atoms with Crippen molar-refractivity contribution >= 4 is 17.9 Å². The third-order valence-electron chi connectivity index (χ3n) is 5.57. The van der Waals surface area contributed by atoms with E-state index in [0.717, 1.165) is 32.0 Å². The van der Waals surface area contributed by atoms with Crippen molar-refractivity contribution in [2.75, 3.05) is 31.1 Å². The molecule has 2 aliphatic heterocycles. The summed E-state index contributed by atoms with van der Waals surface area (Å²) in [6.07, 6.45) is -0.179. The molecule has 0 radical (unpaired) electrons. The number of aliphatic carboxylic acids is 2. The summed E-state index contributed by atoms with van der Waals surface area (Å²) in [5.41, 5.74) is 2.95. The molecular weight excluding hydrogens is 512 g/mol. The standard InChI is InChI=1S/C18H23N5.2C2HF3O2/c1-2-15-9-20-17(21-10-15)23-13-18(14-23)5-7-22(12-18)11-16-4-3-6-19-8-16;2*3-2(4,5)1(6)7/h3-4,6,8-10H,2,5,7,11-14H2,1H3;2*(H,6,7). The summed E-state index contributed by atoms with van der Waals surface area (Å²) in [6.45, 7) is 7.66. The van der Waals surface area contributed by atoms with E-state index in [1.807, 2.05) is 30.9 Å². The van der Waals surface area contributed by atoms with Crippen LogP contribution in [-0.4, -0.2) is 80.5 Å². The molecule has 0 unspecified atom stereocenters. The first-order valence-electron chi connectivity index (χ1n) is 10.9. The SMILES string of the molecule is CCc1cnc(N2CC3(CCN(Cc4cccnc4)C3)C2)nc1.O=C(O)C(F)(F)F.O=C(O)C(F)(F)F. The van der Waals surface area contributed by atoms with Gasteiger partial charge in [-0.05, 0) is 36.6 Å². The molecule has 37 heavy (non-hydrogen) atoms. The van der Waals surface area contributed by atoms with Crippen LogP contribution in [-0.2, 0) is 22.6 Å². The first-order valence-corrected chi connectivity index (χ1v) is 10.9. The molecule has 0 saturated carbocycles. The van der Waals surface area contributed by atoms with Gasteiger partial charge >= 0.3 is 24.3 Å². The van der Waals surface area contributed by atoms with Crippen LogP contribution in [0.4, 0.5) is 32.3 Å². The molecule has 204 valence electrons. The molecule has 2 fully saturated rings. The van der Waals surface area contributed by atoms with Crippen LogP contribution in [0.5, 0.6) is 0 Å². The van der Waals surface area contributed by atoms with E-state index >= 15 is 0 Å². The quantitative estimate of drug-likeness (QED) is 0.566. The molecule has 15 heteroatoms. The van der Waals surface area contributed by atoms with Gasteiger partial charge in [0.25, 0.3) is 0 Å². The molecule has 2 N–H and O–H groups in total. The number of nitrogens with zero attached hydrogens (tertiary/aromatic N) is 5. The number of hydrogen-bond donors (Lipinski definition) is 2. The summed E-state index contributed by atoms with van der Waals surface area (Å²) >= 11 is 0. The number of alkyl halides is 6. The highest BCUT2D eigenvalue weighted by molar-refractivity contribution is 5.73. The number of aromatic nitrogens is 3. The molecule has 4 heterocycles. The van der Waals surface area contributed by atoms with Crippen molar-refractivity contribution in [2.45, 2.75) is 38.7 Å². The number of rotatable bonds is 4. The molecule has 1 spiro atoms. The second-order valence-corrected chi connectivity index (χ2v) is 8.53. The van der Waals surface area contributed by atoms with Crippen LogP contribution in [0.3, 0.4) is 0 Å². The van der Waals surface area contributed by atoms with Gasteiger partial charge in [-0.3, -0.25) is 9.88 Å². The van der Waals surface area contributed by atoms with E-state index in [1.54, 1.807) is 0 Å². The smallest absolute Gasteiger partial charge is 0.475 e. The van der Waals surface area contributed by atoms with Gasteiger partial charge in [-0.1, -0.05) is 13.0 Å². The lowest BCUT2D eigenvalue weighted by Gasteiger charge is -2.48. The maximum atomic E-state index is 10.6. The van der Waals surface area contributed by atoms with E-state index in [4.69, 9.17) is 19.8 Å². The number of anilines is 1. The Morgan fingerprint density at radius 2 is 1.49 bits per heavy atom. The summed E-state index contributed by atoms with van der Waals surface area (Å²) in [6, 6.07) is 4.18. The van der Waals surface area contributed by atoms with Gasteiger partial charge in [0.05, 0.1) is 0 Å². The van der Waals surface area contributed by atoms with Gasteiger partial charge in [-0.2, -0.15) is 26.3 Å². The fourth-order valence-electron chi connectivity index (χ4n) is 3.77. The van der Waals surface area contributed by atoms with Crippen LogP contribution in [0, 0.1) is 5.41 Å². The lowest BCUT2D eigenvalue weighted by atomic mass is 9.79. The molecular formula is C22H25F6N5O4. The van der Waals surface area contributed by atoms with Gasteiger partial charge < -0.3 is 15.1 Å². The second kappa shape index (κ2) is 12.2. The topological polar surface area (TPSA) is 120 Å². The molecule has 2 aliphatic rings. The molecule has 0 atom stereocenters. The van der Waals surface area contributed by atoms with E-state index in [-0.39, 0.29) is 0 Å². The predicted molar refractivity (Wildman–Crippen MR) is 118 cm³/mol. The molecule has 0 aliphatic carbocycles. The van der Waals surface area contributed by atoms with Crippen molar-refractivity contribution in [1.82, 2.24) is 19.9 Å².